The van der Waals surface area contributed by atoms with Gasteiger partial charge in [-0.1, -0.05) is 19.3 Å². The first-order valence-electron chi connectivity index (χ1n) is 9.71. The number of hydrogen-bond acceptors (Lipinski definition) is 5. The van der Waals surface area contributed by atoms with Gasteiger partial charge in [0.05, 0.1) is 12.1 Å². The first-order valence-corrected chi connectivity index (χ1v) is 9.71. The SMILES string of the molecule is CC(=O)Nc1ccc(NCC(=O)NN2C(=O)NC3(CCCCC3)C2=O)c(C(F)(F)F)c1. The Hall–Kier alpha value is -3.31. The highest BCUT2D eigenvalue weighted by Gasteiger charge is 2.52. The lowest BCUT2D eigenvalue weighted by Gasteiger charge is -2.30. The largest absolute Gasteiger partial charge is 0.418 e. The third-order valence-corrected chi connectivity index (χ3v) is 5.19. The van der Waals surface area contributed by atoms with E-state index in [0.717, 1.165) is 38.3 Å². The Bertz CT molecular complexity index is 912. The standard InChI is InChI=1S/C19H22F3N5O4/c1-11(28)24-12-5-6-14(13(9-12)19(20,21)22)23-10-15(29)26-27-16(30)18(25-17(27)31)7-3-2-4-8-18/h5-6,9,23H,2-4,7-8,10H2,1H3,(H,24,28)(H,25,31)(H,26,29). The molecular formula is C19H22F3N5O4. The number of imide groups is 1. The molecule has 2 fully saturated rings. The van der Waals surface area contributed by atoms with E-state index in [0.29, 0.717) is 17.9 Å². The lowest BCUT2D eigenvalue weighted by Crippen LogP contribution is -2.51. The molecule has 1 saturated carbocycles. The number of urea groups is 1. The van der Waals surface area contributed by atoms with Gasteiger partial charge < -0.3 is 16.0 Å². The number of benzene rings is 1. The molecule has 3 rings (SSSR count). The monoisotopic (exact) mass is 441 g/mol. The number of amides is 5. The molecule has 1 aliphatic heterocycles. The topological polar surface area (TPSA) is 120 Å². The number of halogens is 3. The summed E-state index contributed by atoms with van der Waals surface area (Å²) < 4.78 is 40.1. The van der Waals surface area contributed by atoms with Crippen molar-refractivity contribution in [3.63, 3.8) is 0 Å². The summed E-state index contributed by atoms with van der Waals surface area (Å²) in [6.45, 7) is 0.545. The van der Waals surface area contributed by atoms with Crippen LogP contribution in [0.2, 0.25) is 0 Å². The molecule has 1 spiro atoms. The van der Waals surface area contributed by atoms with Crippen LogP contribution < -0.4 is 21.4 Å². The third-order valence-electron chi connectivity index (χ3n) is 5.19. The fourth-order valence-electron chi connectivity index (χ4n) is 3.77. The summed E-state index contributed by atoms with van der Waals surface area (Å²) in [5.41, 5.74) is -0.402. The van der Waals surface area contributed by atoms with Crippen molar-refractivity contribution in [2.45, 2.75) is 50.7 Å². The smallest absolute Gasteiger partial charge is 0.376 e. The predicted octanol–water partition coefficient (Wildman–Crippen LogP) is 2.36. The van der Waals surface area contributed by atoms with Crippen molar-refractivity contribution in [1.82, 2.24) is 15.8 Å². The van der Waals surface area contributed by atoms with E-state index in [2.05, 4.69) is 21.4 Å². The highest BCUT2D eigenvalue weighted by molar-refractivity contribution is 6.08. The molecule has 1 saturated heterocycles. The zero-order valence-electron chi connectivity index (χ0n) is 16.7. The van der Waals surface area contributed by atoms with Crippen LogP contribution in [0, 0.1) is 0 Å². The van der Waals surface area contributed by atoms with E-state index in [-0.39, 0.29) is 5.69 Å². The van der Waals surface area contributed by atoms with Crippen molar-refractivity contribution in [1.29, 1.82) is 0 Å². The summed E-state index contributed by atoms with van der Waals surface area (Å²) >= 11 is 0. The Morgan fingerprint density at radius 1 is 1.16 bits per heavy atom. The molecule has 12 heteroatoms. The molecule has 0 aromatic heterocycles. The second-order valence-electron chi connectivity index (χ2n) is 7.54. The van der Waals surface area contributed by atoms with Crippen molar-refractivity contribution in [2.75, 3.05) is 17.2 Å². The van der Waals surface area contributed by atoms with Gasteiger partial charge in [-0.3, -0.25) is 19.8 Å². The molecule has 0 radical (unpaired) electrons. The molecule has 4 N–H and O–H groups in total. The first-order chi connectivity index (χ1) is 14.5. The van der Waals surface area contributed by atoms with Gasteiger partial charge in [0, 0.05) is 18.3 Å². The zero-order valence-corrected chi connectivity index (χ0v) is 16.7. The minimum absolute atomic E-state index is 0.0491. The Labute approximate surface area is 175 Å². The number of nitrogens with one attached hydrogen (secondary N) is 4. The van der Waals surface area contributed by atoms with E-state index < -0.39 is 53.3 Å². The van der Waals surface area contributed by atoms with Gasteiger partial charge in [-0.2, -0.15) is 18.2 Å². The fraction of sp³-hybridized carbons (Fsp3) is 0.474. The lowest BCUT2D eigenvalue weighted by atomic mass is 9.82. The van der Waals surface area contributed by atoms with Crippen LogP contribution in [-0.4, -0.2) is 40.8 Å². The number of hydrazine groups is 1. The highest BCUT2D eigenvalue weighted by Crippen LogP contribution is 2.36. The molecule has 2 aliphatic rings. The van der Waals surface area contributed by atoms with Crippen LogP contribution >= 0.6 is 0 Å². The number of carbonyl (C=O) groups is 4. The fourth-order valence-corrected chi connectivity index (χ4v) is 3.77. The van der Waals surface area contributed by atoms with Crippen LogP contribution in [0.15, 0.2) is 18.2 Å². The van der Waals surface area contributed by atoms with E-state index in [1.54, 1.807) is 0 Å². The number of rotatable bonds is 5. The van der Waals surface area contributed by atoms with Crippen molar-refractivity contribution < 1.29 is 32.3 Å². The maximum absolute atomic E-state index is 13.4. The van der Waals surface area contributed by atoms with Crippen molar-refractivity contribution in [2.24, 2.45) is 0 Å². The van der Waals surface area contributed by atoms with Crippen molar-refractivity contribution in [3.05, 3.63) is 23.8 Å². The van der Waals surface area contributed by atoms with Gasteiger partial charge in [0.1, 0.15) is 5.54 Å². The second-order valence-corrected chi connectivity index (χ2v) is 7.54. The molecule has 0 bridgehead atoms. The first kappa shape index (κ1) is 22.4. The van der Waals surface area contributed by atoms with Crippen molar-refractivity contribution in [3.8, 4) is 0 Å². The number of anilines is 2. The van der Waals surface area contributed by atoms with Crippen LogP contribution in [-0.2, 0) is 20.6 Å². The van der Waals surface area contributed by atoms with Gasteiger partial charge >= 0.3 is 12.2 Å². The van der Waals surface area contributed by atoms with Crippen LogP contribution in [0.3, 0.4) is 0 Å². The van der Waals surface area contributed by atoms with Gasteiger partial charge in [-0.05, 0) is 31.0 Å². The van der Waals surface area contributed by atoms with Crippen LogP contribution in [0.4, 0.5) is 29.3 Å². The van der Waals surface area contributed by atoms with E-state index in [4.69, 9.17) is 0 Å². The average molecular weight is 441 g/mol. The normalized spacial score (nSPS) is 18.0. The number of carbonyl (C=O) groups excluding carboxylic acids is 4. The Kier molecular flexibility index (Phi) is 6.09. The van der Waals surface area contributed by atoms with E-state index >= 15 is 0 Å². The maximum atomic E-state index is 13.4. The number of nitrogens with zero attached hydrogens (tertiary/aromatic N) is 1. The molecule has 9 nitrogen and oxygen atoms in total. The quantitative estimate of drug-likeness (QED) is 0.523. The Morgan fingerprint density at radius 2 is 1.84 bits per heavy atom. The molecule has 31 heavy (non-hydrogen) atoms. The summed E-state index contributed by atoms with van der Waals surface area (Å²) in [4.78, 5) is 48.1. The number of hydrogen-bond donors (Lipinski definition) is 4. The van der Waals surface area contributed by atoms with Gasteiger partial charge in [0.25, 0.3) is 11.8 Å². The van der Waals surface area contributed by atoms with Gasteiger partial charge in [0.15, 0.2) is 0 Å². The predicted molar refractivity (Wildman–Crippen MR) is 104 cm³/mol. The van der Waals surface area contributed by atoms with Gasteiger partial charge in [0.2, 0.25) is 5.91 Å². The molecule has 1 aromatic carbocycles. The average Bonchev–Trinajstić information content (AvgIpc) is 2.90. The minimum atomic E-state index is -4.74. The molecular weight excluding hydrogens is 419 g/mol. The molecule has 1 heterocycles. The highest BCUT2D eigenvalue weighted by atomic mass is 19.4. The second kappa shape index (κ2) is 8.44. The summed E-state index contributed by atoms with van der Waals surface area (Å²) in [6, 6.07) is 2.30. The van der Waals surface area contributed by atoms with Crippen molar-refractivity contribution >= 4 is 35.1 Å². The van der Waals surface area contributed by atoms with E-state index in [9.17, 15) is 32.3 Å². The molecule has 0 unspecified atom stereocenters. The third kappa shape index (κ3) is 4.89. The Balaban J connectivity index is 1.66. The molecule has 168 valence electrons. The van der Waals surface area contributed by atoms with E-state index in [1.807, 2.05) is 0 Å². The summed E-state index contributed by atoms with van der Waals surface area (Å²) in [5, 5.41) is 7.82. The molecule has 1 aromatic rings. The van der Waals surface area contributed by atoms with Crippen LogP contribution in [0.25, 0.3) is 0 Å². The van der Waals surface area contributed by atoms with Crippen LogP contribution in [0.1, 0.15) is 44.6 Å². The Morgan fingerprint density at radius 3 is 2.45 bits per heavy atom. The van der Waals surface area contributed by atoms with Crippen LogP contribution in [0.5, 0.6) is 0 Å². The summed E-state index contributed by atoms with van der Waals surface area (Å²) in [5.74, 6) is -1.96. The van der Waals surface area contributed by atoms with Gasteiger partial charge in [-0.15, -0.1) is 0 Å². The summed E-state index contributed by atoms with van der Waals surface area (Å²) in [7, 11) is 0. The minimum Gasteiger partial charge on any atom is -0.376 e. The maximum Gasteiger partial charge on any atom is 0.418 e. The van der Waals surface area contributed by atoms with Gasteiger partial charge in [-0.25, -0.2) is 4.79 Å². The lowest BCUT2D eigenvalue weighted by molar-refractivity contribution is -0.139. The molecule has 1 aliphatic carbocycles. The summed E-state index contributed by atoms with van der Waals surface area (Å²) in [6.07, 6.45) is -1.32. The molecule has 5 amide bonds. The van der Waals surface area contributed by atoms with E-state index in [1.165, 1.54) is 6.07 Å². The number of alkyl halides is 3. The zero-order chi connectivity index (χ0) is 22.8. The molecule has 0 atom stereocenters.